The number of hydrogen-bond acceptors (Lipinski definition) is 4. The van der Waals surface area contributed by atoms with Crippen LogP contribution in [0, 0.1) is 11.3 Å². The number of guanidine groups is 1. The highest BCUT2D eigenvalue weighted by molar-refractivity contribution is 7.98. The molecule has 1 aliphatic rings. The molecule has 0 spiro atoms. The molecule has 0 radical (unpaired) electrons. The van der Waals surface area contributed by atoms with Gasteiger partial charge in [0.15, 0.2) is 0 Å². The van der Waals surface area contributed by atoms with Gasteiger partial charge in [-0.05, 0) is 60.9 Å². The highest BCUT2D eigenvalue weighted by Crippen LogP contribution is 2.31. The van der Waals surface area contributed by atoms with E-state index in [4.69, 9.17) is 27.7 Å². The molecule has 1 heterocycles. The fourth-order valence-corrected chi connectivity index (χ4v) is 4.34. The largest absolute Gasteiger partial charge is 0.387 e. The molecule has 8 heteroatoms. The quantitative estimate of drug-likeness (QED) is 0.284. The highest BCUT2D eigenvalue weighted by atomic mass is 35.5. The van der Waals surface area contributed by atoms with Crippen molar-refractivity contribution in [2.75, 3.05) is 6.54 Å². The van der Waals surface area contributed by atoms with Crippen LogP contribution in [0.2, 0.25) is 5.02 Å². The minimum atomic E-state index is 0.133. The Hall–Kier alpha value is -3.60. The molecule has 0 aromatic heterocycles. The van der Waals surface area contributed by atoms with Gasteiger partial charge < -0.3 is 5.73 Å². The lowest BCUT2D eigenvalue weighted by atomic mass is 9.86. The minimum Gasteiger partial charge on any atom is -0.387 e. The Bertz CT molecular complexity index is 1260. The molecule has 4 rings (SSSR count). The number of nitriles is 1. The summed E-state index contributed by atoms with van der Waals surface area (Å²) in [4.78, 5) is 5.35. The van der Waals surface area contributed by atoms with Gasteiger partial charge in [0, 0.05) is 34.3 Å². The van der Waals surface area contributed by atoms with E-state index in [1.807, 2.05) is 54.6 Å². The van der Waals surface area contributed by atoms with Crippen LogP contribution in [0.1, 0.15) is 36.0 Å². The lowest BCUT2D eigenvalue weighted by molar-refractivity contribution is 0.400. The number of rotatable bonds is 4. The second-order valence-corrected chi connectivity index (χ2v) is 9.01. The highest BCUT2D eigenvalue weighted by Gasteiger charge is 2.28. The number of amidine groups is 1. The number of halogens is 1. The average molecular weight is 487 g/mol. The molecule has 1 atom stereocenters. The Labute approximate surface area is 208 Å². The van der Waals surface area contributed by atoms with Crippen LogP contribution in [0.25, 0.3) is 0 Å². The van der Waals surface area contributed by atoms with E-state index in [0.717, 1.165) is 22.6 Å². The molecule has 0 fully saturated rings. The molecular formula is C26H23ClN6S. The van der Waals surface area contributed by atoms with Gasteiger partial charge in [-0.1, -0.05) is 54.1 Å². The minimum absolute atomic E-state index is 0.133. The Kier molecular flexibility index (Phi) is 7.63. The van der Waals surface area contributed by atoms with E-state index in [2.05, 4.69) is 27.6 Å². The van der Waals surface area contributed by atoms with Crippen LogP contribution in [0.4, 0.5) is 0 Å². The zero-order chi connectivity index (χ0) is 23.9. The second kappa shape index (κ2) is 11.0. The summed E-state index contributed by atoms with van der Waals surface area (Å²) in [5.41, 5.74) is 9.65. The van der Waals surface area contributed by atoms with Crippen LogP contribution in [0.15, 0.2) is 98.2 Å². The van der Waals surface area contributed by atoms with Crippen molar-refractivity contribution in [3.05, 3.63) is 101 Å². The number of nitrogens with zero attached hydrogens (tertiary/aromatic N) is 5. The van der Waals surface area contributed by atoms with Crippen LogP contribution in [0.3, 0.4) is 0 Å². The monoisotopic (exact) mass is 486 g/mol. The van der Waals surface area contributed by atoms with Gasteiger partial charge in [0.05, 0.1) is 23.2 Å². The van der Waals surface area contributed by atoms with E-state index in [-0.39, 0.29) is 5.92 Å². The fourth-order valence-electron chi connectivity index (χ4n) is 3.64. The Balaban J connectivity index is 1.70. The summed E-state index contributed by atoms with van der Waals surface area (Å²) in [6.07, 6.45) is 0.838. The normalized spacial score (nSPS) is 16.7. The van der Waals surface area contributed by atoms with E-state index in [1.54, 1.807) is 24.1 Å². The summed E-state index contributed by atoms with van der Waals surface area (Å²) in [6.45, 7) is 2.36. The van der Waals surface area contributed by atoms with Gasteiger partial charge in [0.2, 0.25) is 0 Å². The van der Waals surface area contributed by atoms with Crippen molar-refractivity contribution in [1.29, 1.82) is 5.26 Å². The molecule has 0 saturated carbocycles. The first kappa shape index (κ1) is 23.6. The summed E-state index contributed by atoms with van der Waals surface area (Å²) >= 11 is 7.40. The number of benzene rings is 3. The summed E-state index contributed by atoms with van der Waals surface area (Å²) in [5.74, 6) is 0.953. The molecule has 6 nitrogen and oxygen atoms in total. The smallest absolute Gasteiger partial charge is 0.255 e. The maximum Gasteiger partial charge on any atom is 0.255 e. The predicted molar refractivity (Wildman–Crippen MR) is 140 cm³/mol. The molecule has 0 amide bonds. The van der Waals surface area contributed by atoms with Crippen molar-refractivity contribution < 1.29 is 0 Å². The third-order valence-electron chi connectivity index (χ3n) is 5.25. The van der Waals surface area contributed by atoms with E-state index >= 15 is 0 Å². The van der Waals surface area contributed by atoms with Crippen molar-refractivity contribution in [3.63, 3.8) is 0 Å². The first-order chi connectivity index (χ1) is 16.5. The summed E-state index contributed by atoms with van der Waals surface area (Å²) < 4.78 is 4.63. The zero-order valence-corrected chi connectivity index (χ0v) is 20.2. The van der Waals surface area contributed by atoms with Crippen LogP contribution >= 0.6 is 23.5 Å². The first-order valence-electron chi connectivity index (χ1n) is 10.8. The molecular weight excluding hydrogens is 464 g/mol. The van der Waals surface area contributed by atoms with Crippen molar-refractivity contribution in [2.24, 2.45) is 20.2 Å². The molecule has 0 saturated heterocycles. The standard InChI is InChI=1S/C26H23ClN6S/c1-18(29)30-26(32-34-23-13-7-19(17-28)8-14-23)33-16-15-24(20-5-3-2-4-6-20)25(31-33)21-9-11-22(27)12-10-21/h2-14,24H,15-16H2,1H3,(H2,29,30,32). The Morgan fingerprint density at radius 3 is 2.44 bits per heavy atom. The van der Waals surface area contributed by atoms with Crippen molar-refractivity contribution in [2.45, 2.75) is 24.2 Å². The molecule has 3 aromatic rings. The number of hydrazone groups is 1. The molecule has 2 N–H and O–H groups in total. The topological polar surface area (TPSA) is 90.1 Å². The maximum absolute atomic E-state index is 9.01. The van der Waals surface area contributed by atoms with Gasteiger partial charge in [-0.2, -0.15) is 19.8 Å². The number of nitrogens with two attached hydrogens (primary N) is 1. The van der Waals surface area contributed by atoms with Gasteiger partial charge in [0.1, 0.15) is 0 Å². The van der Waals surface area contributed by atoms with E-state index in [9.17, 15) is 0 Å². The zero-order valence-electron chi connectivity index (χ0n) is 18.6. The van der Waals surface area contributed by atoms with Crippen LogP contribution < -0.4 is 5.73 Å². The van der Waals surface area contributed by atoms with Gasteiger partial charge in [0.25, 0.3) is 5.96 Å². The molecule has 3 aromatic carbocycles. The molecule has 0 aliphatic carbocycles. The van der Waals surface area contributed by atoms with Crippen molar-refractivity contribution >= 4 is 41.1 Å². The third kappa shape index (κ3) is 5.84. The van der Waals surface area contributed by atoms with E-state index < -0.39 is 0 Å². The first-order valence-corrected chi connectivity index (χ1v) is 11.9. The van der Waals surface area contributed by atoms with E-state index in [1.165, 1.54) is 17.5 Å². The Morgan fingerprint density at radius 2 is 1.79 bits per heavy atom. The van der Waals surface area contributed by atoms with Crippen LogP contribution in [-0.4, -0.2) is 29.1 Å². The van der Waals surface area contributed by atoms with Gasteiger partial charge in [-0.15, -0.1) is 0 Å². The average Bonchev–Trinajstić information content (AvgIpc) is 2.87. The summed E-state index contributed by atoms with van der Waals surface area (Å²) in [5, 5.41) is 16.5. The summed E-state index contributed by atoms with van der Waals surface area (Å²) in [6, 6.07) is 27.4. The number of hydrogen-bond donors (Lipinski definition) is 1. The molecule has 0 bridgehead atoms. The van der Waals surface area contributed by atoms with Gasteiger partial charge in [-0.3, -0.25) is 0 Å². The van der Waals surface area contributed by atoms with Crippen molar-refractivity contribution in [3.8, 4) is 6.07 Å². The molecule has 170 valence electrons. The van der Waals surface area contributed by atoms with Crippen LogP contribution in [-0.2, 0) is 0 Å². The van der Waals surface area contributed by atoms with Gasteiger partial charge in [-0.25, -0.2) is 5.01 Å². The van der Waals surface area contributed by atoms with Crippen molar-refractivity contribution in [1.82, 2.24) is 5.01 Å². The lowest BCUT2D eigenvalue weighted by Crippen LogP contribution is -2.35. The number of aliphatic imine (C=N–C) groups is 1. The fraction of sp³-hybridized carbons (Fsp3) is 0.154. The third-order valence-corrected chi connectivity index (χ3v) is 6.24. The predicted octanol–water partition coefficient (Wildman–Crippen LogP) is 5.85. The van der Waals surface area contributed by atoms with Crippen LogP contribution in [0.5, 0.6) is 0 Å². The van der Waals surface area contributed by atoms with Gasteiger partial charge >= 0.3 is 0 Å². The second-order valence-electron chi connectivity index (χ2n) is 7.74. The maximum atomic E-state index is 9.01. The Morgan fingerprint density at radius 1 is 1.09 bits per heavy atom. The lowest BCUT2D eigenvalue weighted by Gasteiger charge is -2.30. The molecule has 34 heavy (non-hydrogen) atoms. The summed E-state index contributed by atoms with van der Waals surface area (Å²) in [7, 11) is 0. The molecule has 1 unspecified atom stereocenters. The van der Waals surface area contributed by atoms with E-state index in [0.29, 0.717) is 28.9 Å². The molecule has 1 aliphatic heterocycles. The SMILES string of the molecule is C/C(N)=N\C(=N\Sc1ccc(C#N)cc1)N1CCC(c2ccccc2)C(c2ccc(Cl)cc2)=N1.